The minimum absolute atomic E-state index is 0.209. The minimum atomic E-state index is 0.209. The lowest BCUT2D eigenvalue weighted by molar-refractivity contribution is -0.131. The predicted molar refractivity (Wildman–Crippen MR) is 99.9 cm³/mol. The van der Waals surface area contributed by atoms with Gasteiger partial charge in [0.1, 0.15) is 0 Å². The van der Waals surface area contributed by atoms with Crippen LogP contribution in [0.4, 0.5) is 0 Å². The standard InChI is InChI=1S/C21H28N2O/c1-4-6-13-21(24)23(14-5-2)17-20-12-9-15-22(20)16-19-11-8-7-10-18(19)3/h5,7-12,15H,2,4,6,13-14,16-17H2,1,3H3. The Labute approximate surface area is 145 Å². The highest BCUT2D eigenvalue weighted by atomic mass is 16.2. The number of hydrogen-bond donors (Lipinski definition) is 0. The summed E-state index contributed by atoms with van der Waals surface area (Å²) in [6.45, 7) is 10.1. The van der Waals surface area contributed by atoms with E-state index in [-0.39, 0.29) is 5.91 Å². The Morgan fingerprint density at radius 3 is 2.75 bits per heavy atom. The number of benzene rings is 1. The number of carbonyl (C=O) groups is 1. The number of carbonyl (C=O) groups excluding carboxylic acids is 1. The number of aryl methyl sites for hydroxylation is 1. The molecule has 0 radical (unpaired) electrons. The lowest BCUT2D eigenvalue weighted by Gasteiger charge is -2.22. The molecule has 0 saturated carbocycles. The van der Waals surface area contributed by atoms with Crippen LogP contribution in [0.2, 0.25) is 0 Å². The molecule has 0 fully saturated rings. The van der Waals surface area contributed by atoms with Gasteiger partial charge < -0.3 is 9.47 Å². The molecule has 3 heteroatoms. The third kappa shape index (κ3) is 4.85. The molecule has 3 nitrogen and oxygen atoms in total. The fraction of sp³-hybridized carbons (Fsp3) is 0.381. The number of hydrogen-bond acceptors (Lipinski definition) is 1. The first-order valence-electron chi connectivity index (χ1n) is 8.73. The lowest BCUT2D eigenvalue weighted by Crippen LogP contribution is -2.31. The van der Waals surface area contributed by atoms with Gasteiger partial charge >= 0.3 is 0 Å². The molecular weight excluding hydrogens is 296 g/mol. The summed E-state index contributed by atoms with van der Waals surface area (Å²) < 4.78 is 2.23. The predicted octanol–water partition coefficient (Wildman–Crippen LogP) is 4.55. The number of amides is 1. The van der Waals surface area contributed by atoms with Crippen molar-refractivity contribution in [3.63, 3.8) is 0 Å². The fourth-order valence-corrected chi connectivity index (χ4v) is 2.81. The van der Waals surface area contributed by atoms with Gasteiger partial charge in [-0.3, -0.25) is 4.79 Å². The molecule has 0 unspecified atom stereocenters. The maximum atomic E-state index is 12.4. The van der Waals surface area contributed by atoms with Gasteiger partial charge in [-0.25, -0.2) is 0 Å². The summed E-state index contributed by atoms with van der Waals surface area (Å²) in [5.41, 5.74) is 3.76. The molecule has 0 saturated heterocycles. The van der Waals surface area contributed by atoms with E-state index in [1.807, 2.05) is 4.90 Å². The first-order valence-corrected chi connectivity index (χ1v) is 8.73. The van der Waals surface area contributed by atoms with E-state index in [1.54, 1.807) is 6.08 Å². The number of rotatable bonds is 9. The molecule has 0 spiro atoms. The zero-order valence-electron chi connectivity index (χ0n) is 14.9. The van der Waals surface area contributed by atoms with Gasteiger partial charge in [-0.15, -0.1) is 6.58 Å². The van der Waals surface area contributed by atoms with E-state index >= 15 is 0 Å². The van der Waals surface area contributed by atoms with Gasteiger partial charge in [0.2, 0.25) is 5.91 Å². The van der Waals surface area contributed by atoms with Crippen LogP contribution in [0.5, 0.6) is 0 Å². The van der Waals surface area contributed by atoms with Gasteiger partial charge in [0.25, 0.3) is 0 Å². The molecule has 1 aromatic heterocycles. The molecule has 0 aliphatic rings. The largest absolute Gasteiger partial charge is 0.345 e. The third-order valence-corrected chi connectivity index (χ3v) is 4.32. The number of nitrogens with zero attached hydrogens (tertiary/aromatic N) is 2. The van der Waals surface area contributed by atoms with Crippen LogP contribution in [-0.4, -0.2) is 21.9 Å². The highest BCUT2D eigenvalue weighted by Crippen LogP contribution is 2.14. The Kier molecular flexibility index (Phi) is 6.86. The SMILES string of the molecule is C=CCN(Cc1cccn1Cc1ccccc1C)C(=O)CCCC. The Bertz CT molecular complexity index is 672. The molecule has 1 amide bonds. The normalized spacial score (nSPS) is 10.6. The van der Waals surface area contributed by atoms with Crippen molar-refractivity contribution in [3.8, 4) is 0 Å². The maximum absolute atomic E-state index is 12.4. The molecule has 0 aliphatic carbocycles. The second-order valence-electron chi connectivity index (χ2n) is 6.22. The van der Waals surface area contributed by atoms with E-state index in [9.17, 15) is 4.79 Å². The quantitative estimate of drug-likeness (QED) is 0.621. The Hall–Kier alpha value is -2.29. The summed E-state index contributed by atoms with van der Waals surface area (Å²) in [7, 11) is 0. The summed E-state index contributed by atoms with van der Waals surface area (Å²) in [6, 6.07) is 12.6. The van der Waals surface area contributed by atoms with Crippen LogP contribution >= 0.6 is 0 Å². The smallest absolute Gasteiger partial charge is 0.223 e. The highest BCUT2D eigenvalue weighted by molar-refractivity contribution is 5.76. The van der Waals surface area contributed by atoms with Gasteiger partial charge in [0.15, 0.2) is 0 Å². The zero-order chi connectivity index (χ0) is 17.4. The summed E-state index contributed by atoms with van der Waals surface area (Å²) in [4.78, 5) is 14.3. The molecule has 1 heterocycles. The van der Waals surface area contributed by atoms with Crippen LogP contribution in [0.1, 0.15) is 43.0 Å². The third-order valence-electron chi connectivity index (χ3n) is 4.32. The van der Waals surface area contributed by atoms with Crippen molar-refractivity contribution < 1.29 is 4.79 Å². The van der Waals surface area contributed by atoms with E-state index in [4.69, 9.17) is 0 Å². The monoisotopic (exact) mass is 324 g/mol. The van der Waals surface area contributed by atoms with Crippen molar-refractivity contribution in [2.75, 3.05) is 6.54 Å². The second-order valence-corrected chi connectivity index (χ2v) is 6.22. The Balaban J connectivity index is 2.11. The van der Waals surface area contributed by atoms with Crippen molar-refractivity contribution in [1.29, 1.82) is 0 Å². The summed E-state index contributed by atoms with van der Waals surface area (Å²) in [5.74, 6) is 0.209. The zero-order valence-corrected chi connectivity index (χ0v) is 14.9. The van der Waals surface area contributed by atoms with E-state index < -0.39 is 0 Å². The molecule has 0 N–H and O–H groups in total. The second kappa shape index (κ2) is 9.11. The van der Waals surface area contributed by atoms with E-state index in [2.05, 4.69) is 67.6 Å². The van der Waals surface area contributed by atoms with Crippen LogP contribution < -0.4 is 0 Å². The molecule has 0 bridgehead atoms. The Morgan fingerprint density at radius 1 is 1.25 bits per heavy atom. The van der Waals surface area contributed by atoms with Crippen LogP contribution in [0.25, 0.3) is 0 Å². The lowest BCUT2D eigenvalue weighted by atomic mass is 10.1. The van der Waals surface area contributed by atoms with E-state index in [0.29, 0.717) is 19.5 Å². The van der Waals surface area contributed by atoms with Crippen molar-refractivity contribution in [2.45, 2.75) is 46.2 Å². The summed E-state index contributed by atoms with van der Waals surface area (Å²) >= 11 is 0. The molecule has 2 rings (SSSR count). The van der Waals surface area contributed by atoms with Crippen molar-refractivity contribution >= 4 is 5.91 Å². The van der Waals surface area contributed by atoms with Crippen molar-refractivity contribution in [2.24, 2.45) is 0 Å². The van der Waals surface area contributed by atoms with Crippen LogP contribution in [0.15, 0.2) is 55.3 Å². The van der Waals surface area contributed by atoms with E-state index in [0.717, 1.165) is 25.1 Å². The average Bonchev–Trinajstić information content (AvgIpc) is 3.01. The van der Waals surface area contributed by atoms with Gasteiger partial charge in [-0.2, -0.15) is 0 Å². The first-order chi connectivity index (χ1) is 11.7. The molecule has 24 heavy (non-hydrogen) atoms. The number of unbranched alkanes of at least 4 members (excludes halogenated alkanes) is 1. The van der Waals surface area contributed by atoms with Crippen LogP contribution in [0.3, 0.4) is 0 Å². The fourth-order valence-electron chi connectivity index (χ4n) is 2.81. The van der Waals surface area contributed by atoms with E-state index in [1.165, 1.54) is 11.1 Å². The molecule has 0 atom stereocenters. The van der Waals surface area contributed by atoms with Crippen LogP contribution in [-0.2, 0) is 17.9 Å². The first kappa shape index (κ1) is 18.1. The Morgan fingerprint density at radius 2 is 2.04 bits per heavy atom. The molecule has 2 aromatic rings. The summed E-state index contributed by atoms with van der Waals surface area (Å²) in [6.07, 6.45) is 6.49. The molecule has 0 aliphatic heterocycles. The van der Waals surface area contributed by atoms with Gasteiger partial charge in [-0.05, 0) is 36.6 Å². The van der Waals surface area contributed by atoms with Gasteiger partial charge in [0, 0.05) is 31.4 Å². The van der Waals surface area contributed by atoms with Crippen molar-refractivity contribution in [1.82, 2.24) is 9.47 Å². The minimum Gasteiger partial charge on any atom is -0.345 e. The summed E-state index contributed by atoms with van der Waals surface area (Å²) in [5, 5.41) is 0. The highest BCUT2D eigenvalue weighted by Gasteiger charge is 2.14. The molecule has 1 aromatic carbocycles. The molecule has 128 valence electrons. The number of aromatic nitrogens is 1. The topological polar surface area (TPSA) is 25.2 Å². The van der Waals surface area contributed by atoms with Crippen molar-refractivity contribution in [3.05, 3.63) is 72.1 Å². The van der Waals surface area contributed by atoms with Gasteiger partial charge in [-0.1, -0.05) is 43.7 Å². The average molecular weight is 324 g/mol. The van der Waals surface area contributed by atoms with Gasteiger partial charge in [0.05, 0.1) is 6.54 Å². The van der Waals surface area contributed by atoms with Crippen LogP contribution in [0, 0.1) is 6.92 Å². The maximum Gasteiger partial charge on any atom is 0.223 e. The molecular formula is C21H28N2O.